The summed E-state index contributed by atoms with van der Waals surface area (Å²) in [6.45, 7) is 4.44. The molecule has 0 N–H and O–H groups in total. The van der Waals surface area contributed by atoms with Crippen LogP contribution in [0.1, 0.15) is 25.3 Å². The Morgan fingerprint density at radius 1 is 0.900 bits per heavy atom. The summed E-state index contributed by atoms with van der Waals surface area (Å²) in [5.74, 6) is 1.49. The second-order valence-corrected chi connectivity index (χ2v) is 5.66. The molecule has 2 heterocycles. The zero-order valence-electron chi connectivity index (χ0n) is 12.0. The molecular formula is C17H17N3. The van der Waals surface area contributed by atoms with Crippen molar-refractivity contribution in [2.45, 2.75) is 19.8 Å². The molecule has 0 radical (unpaired) electrons. The van der Waals surface area contributed by atoms with E-state index >= 15 is 0 Å². The third-order valence-corrected chi connectivity index (χ3v) is 4.10. The molecule has 0 saturated carbocycles. The lowest BCUT2D eigenvalue weighted by atomic mass is 10.0. The van der Waals surface area contributed by atoms with Gasteiger partial charge >= 0.3 is 0 Å². The summed E-state index contributed by atoms with van der Waals surface area (Å²) < 4.78 is 4.43. The third-order valence-electron chi connectivity index (χ3n) is 4.10. The fourth-order valence-electron chi connectivity index (χ4n) is 3.08. The maximum atomic E-state index is 4.90. The molecule has 20 heavy (non-hydrogen) atoms. The summed E-state index contributed by atoms with van der Waals surface area (Å²) in [6.07, 6.45) is 0. The van der Waals surface area contributed by atoms with Gasteiger partial charge in [-0.15, -0.1) is 0 Å². The lowest BCUT2D eigenvalue weighted by molar-refractivity contribution is 0.873. The van der Waals surface area contributed by atoms with Gasteiger partial charge in [0.15, 0.2) is 0 Å². The maximum Gasteiger partial charge on any atom is 0.215 e. The topological polar surface area (TPSA) is 22.2 Å². The molecule has 0 saturated heterocycles. The van der Waals surface area contributed by atoms with Gasteiger partial charge in [0, 0.05) is 7.05 Å². The van der Waals surface area contributed by atoms with E-state index in [0.717, 1.165) is 11.3 Å². The number of hydrogen-bond donors (Lipinski definition) is 0. The van der Waals surface area contributed by atoms with E-state index in [1.807, 2.05) is 0 Å². The van der Waals surface area contributed by atoms with Crippen LogP contribution in [0.3, 0.4) is 0 Å². The second-order valence-electron chi connectivity index (χ2n) is 5.66. The quantitative estimate of drug-likeness (QED) is 0.507. The number of imidazole rings is 2. The van der Waals surface area contributed by atoms with Crippen LogP contribution >= 0.6 is 0 Å². The minimum atomic E-state index is 0.481. The molecule has 2 aromatic carbocycles. The molecule has 0 aliphatic rings. The Hall–Kier alpha value is -2.29. The van der Waals surface area contributed by atoms with Crippen LogP contribution in [0.4, 0.5) is 0 Å². The van der Waals surface area contributed by atoms with Crippen LogP contribution < -0.4 is 0 Å². The van der Waals surface area contributed by atoms with Gasteiger partial charge in [0.2, 0.25) is 5.78 Å². The first-order chi connectivity index (χ1) is 9.68. The summed E-state index contributed by atoms with van der Waals surface area (Å²) in [4.78, 5) is 4.90. The highest BCUT2D eigenvalue weighted by molar-refractivity contribution is 5.91. The van der Waals surface area contributed by atoms with Gasteiger partial charge in [-0.3, -0.25) is 4.40 Å². The average Bonchev–Trinajstić information content (AvgIpc) is 2.96. The molecule has 0 aliphatic carbocycles. The smallest absolute Gasteiger partial charge is 0.215 e. The van der Waals surface area contributed by atoms with Crippen molar-refractivity contribution in [1.82, 2.24) is 14.0 Å². The van der Waals surface area contributed by atoms with Crippen molar-refractivity contribution in [3.05, 3.63) is 48.0 Å². The van der Waals surface area contributed by atoms with Gasteiger partial charge in [-0.2, -0.15) is 0 Å². The molecule has 4 aromatic rings. The molecule has 0 bridgehead atoms. The first kappa shape index (κ1) is 11.5. The van der Waals surface area contributed by atoms with Crippen LogP contribution in [0.15, 0.2) is 42.5 Å². The Morgan fingerprint density at radius 2 is 1.60 bits per heavy atom. The van der Waals surface area contributed by atoms with Crippen molar-refractivity contribution < 1.29 is 0 Å². The first-order valence-corrected chi connectivity index (χ1v) is 7.03. The van der Waals surface area contributed by atoms with Crippen LogP contribution in [0.2, 0.25) is 0 Å². The van der Waals surface area contributed by atoms with E-state index in [4.69, 9.17) is 4.98 Å². The Morgan fingerprint density at radius 3 is 2.35 bits per heavy atom. The molecule has 3 nitrogen and oxygen atoms in total. The van der Waals surface area contributed by atoms with Gasteiger partial charge in [0.25, 0.3) is 0 Å². The number of nitrogens with zero attached hydrogens (tertiary/aromatic N) is 3. The number of benzene rings is 2. The van der Waals surface area contributed by atoms with Crippen molar-refractivity contribution >= 4 is 27.8 Å². The van der Waals surface area contributed by atoms with E-state index in [-0.39, 0.29) is 0 Å². The van der Waals surface area contributed by atoms with Gasteiger partial charge in [-0.05, 0) is 29.7 Å². The molecule has 2 aromatic heterocycles. The van der Waals surface area contributed by atoms with E-state index in [0.29, 0.717) is 5.92 Å². The summed E-state index contributed by atoms with van der Waals surface area (Å²) in [5, 5.41) is 0. The van der Waals surface area contributed by atoms with Crippen LogP contribution in [-0.4, -0.2) is 14.0 Å². The predicted molar refractivity (Wildman–Crippen MR) is 83.3 cm³/mol. The first-order valence-electron chi connectivity index (χ1n) is 7.03. The van der Waals surface area contributed by atoms with Crippen molar-refractivity contribution in [1.29, 1.82) is 0 Å². The molecule has 0 unspecified atom stereocenters. The van der Waals surface area contributed by atoms with Crippen LogP contribution in [0, 0.1) is 0 Å². The number of hydrogen-bond acceptors (Lipinski definition) is 1. The summed E-state index contributed by atoms with van der Waals surface area (Å²) in [5.41, 5.74) is 6.07. The number of fused-ring (bicyclic) bond motifs is 5. The normalized spacial score (nSPS) is 12.2. The average molecular weight is 263 g/mol. The lowest BCUT2D eigenvalue weighted by Crippen LogP contribution is -1.90. The molecule has 0 aliphatic heterocycles. The van der Waals surface area contributed by atoms with Gasteiger partial charge in [0.05, 0.1) is 22.1 Å². The highest BCUT2D eigenvalue weighted by Crippen LogP contribution is 2.29. The number of rotatable bonds is 1. The van der Waals surface area contributed by atoms with Crippen LogP contribution in [0.25, 0.3) is 27.8 Å². The largest absolute Gasteiger partial charge is 0.313 e. The molecule has 0 spiro atoms. The van der Waals surface area contributed by atoms with Gasteiger partial charge < -0.3 is 4.57 Å². The van der Waals surface area contributed by atoms with Crippen molar-refractivity contribution in [3.63, 3.8) is 0 Å². The standard InChI is InChI=1S/C17H17N3/c1-11(2)12-7-6-10-15-16(12)18-17-19(3)13-8-4-5-9-14(13)20(15)17/h4-11H,1-3H3. The van der Waals surface area contributed by atoms with E-state index < -0.39 is 0 Å². The molecule has 3 heteroatoms. The minimum absolute atomic E-state index is 0.481. The Kier molecular flexibility index (Phi) is 2.22. The molecule has 0 fully saturated rings. The van der Waals surface area contributed by atoms with Crippen LogP contribution in [-0.2, 0) is 7.05 Å². The maximum absolute atomic E-state index is 4.90. The number of aromatic nitrogens is 3. The number of aryl methyl sites for hydroxylation is 1. The predicted octanol–water partition coefficient (Wildman–Crippen LogP) is 4.10. The zero-order valence-corrected chi connectivity index (χ0v) is 12.0. The molecule has 4 rings (SSSR count). The lowest BCUT2D eigenvalue weighted by Gasteiger charge is -2.05. The summed E-state index contributed by atoms with van der Waals surface area (Å²) >= 11 is 0. The molecular weight excluding hydrogens is 246 g/mol. The zero-order chi connectivity index (χ0) is 13.9. The van der Waals surface area contributed by atoms with Crippen molar-refractivity contribution in [3.8, 4) is 0 Å². The summed E-state index contributed by atoms with van der Waals surface area (Å²) in [7, 11) is 2.08. The molecule has 100 valence electrons. The van der Waals surface area contributed by atoms with E-state index in [1.165, 1.54) is 22.1 Å². The fourth-order valence-corrected chi connectivity index (χ4v) is 3.08. The van der Waals surface area contributed by atoms with Crippen LogP contribution in [0.5, 0.6) is 0 Å². The van der Waals surface area contributed by atoms with Crippen molar-refractivity contribution in [2.75, 3.05) is 0 Å². The van der Waals surface area contributed by atoms with Gasteiger partial charge in [-0.1, -0.05) is 38.1 Å². The minimum Gasteiger partial charge on any atom is -0.313 e. The van der Waals surface area contributed by atoms with E-state index in [9.17, 15) is 0 Å². The monoisotopic (exact) mass is 263 g/mol. The molecule has 0 atom stereocenters. The Labute approximate surface area is 117 Å². The fraction of sp³-hybridized carbons (Fsp3) is 0.235. The SMILES string of the molecule is CC(C)c1cccc2c1nc1n(C)c3ccccc3n21. The summed E-state index contributed by atoms with van der Waals surface area (Å²) in [6, 6.07) is 14.9. The Bertz CT molecular complexity index is 941. The second kappa shape index (κ2) is 3.85. The highest BCUT2D eigenvalue weighted by Gasteiger charge is 2.16. The van der Waals surface area contributed by atoms with Gasteiger partial charge in [-0.25, -0.2) is 4.98 Å². The Balaban J connectivity index is 2.28. The van der Waals surface area contributed by atoms with Gasteiger partial charge in [0.1, 0.15) is 0 Å². The third kappa shape index (κ3) is 1.32. The molecule has 0 amide bonds. The van der Waals surface area contributed by atoms with E-state index in [2.05, 4.69) is 72.3 Å². The van der Waals surface area contributed by atoms with Crippen molar-refractivity contribution in [2.24, 2.45) is 7.05 Å². The number of para-hydroxylation sites is 3. The van der Waals surface area contributed by atoms with E-state index in [1.54, 1.807) is 0 Å². The highest BCUT2D eigenvalue weighted by atomic mass is 15.2.